The zero-order chi connectivity index (χ0) is 16.7. The smallest absolute Gasteiger partial charge is 0.251 e. The van der Waals surface area contributed by atoms with Crippen LogP contribution in [0.15, 0.2) is 24.3 Å². The van der Waals surface area contributed by atoms with Crippen LogP contribution in [0.25, 0.3) is 0 Å². The Morgan fingerprint density at radius 1 is 1.18 bits per heavy atom. The molecule has 2 N–H and O–H groups in total. The Labute approximate surface area is 134 Å². The van der Waals surface area contributed by atoms with Crippen LogP contribution in [-0.2, 0) is 6.54 Å². The Balaban J connectivity index is 2.66. The molecule has 1 amide bonds. The summed E-state index contributed by atoms with van der Waals surface area (Å²) in [5.74, 6) is -0.0389. The first-order valence-electron chi connectivity index (χ1n) is 8.13. The van der Waals surface area contributed by atoms with E-state index in [4.69, 9.17) is 5.11 Å². The first-order valence-corrected chi connectivity index (χ1v) is 8.13. The highest BCUT2D eigenvalue weighted by Crippen LogP contribution is 2.11. The number of hydrogen-bond acceptors (Lipinski definition) is 3. The van der Waals surface area contributed by atoms with Crippen molar-refractivity contribution in [2.24, 2.45) is 5.92 Å². The van der Waals surface area contributed by atoms with Gasteiger partial charge in [-0.2, -0.15) is 0 Å². The Morgan fingerprint density at radius 2 is 1.77 bits per heavy atom. The van der Waals surface area contributed by atoms with Crippen molar-refractivity contribution in [3.05, 3.63) is 35.4 Å². The van der Waals surface area contributed by atoms with Gasteiger partial charge in [-0.05, 0) is 50.9 Å². The summed E-state index contributed by atoms with van der Waals surface area (Å²) in [4.78, 5) is 14.5. The molecule has 0 heterocycles. The van der Waals surface area contributed by atoms with E-state index in [0.717, 1.165) is 13.1 Å². The summed E-state index contributed by atoms with van der Waals surface area (Å²) in [5, 5.41) is 12.0. The molecule has 124 valence electrons. The van der Waals surface area contributed by atoms with Crippen molar-refractivity contribution >= 4 is 5.91 Å². The molecule has 0 aliphatic carbocycles. The molecule has 0 saturated heterocycles. The monoisotopic (exact) mass is 306 g/mol. The van der Waals surface area contributed by atoms with E-state index in [0.29, 0.717) is 11.6 Å². The second-order valence-electron chi connectivity index (χ2n) is 6.28. The van der Waals surface area contributed by atoms with E-state index >= 15 is 0 Å². The molecule has 2 atom stereocenters. The van der Waals surface area contributed by atoms with Gasteiger partial charge in [0.1, 0.15) is 0 Å². The zero-order valence-corrected chi connectivity index (χ0v) is 14.5. The topological polar surface area (TPSA) is 52.6 Å². The van der Waals surface area contributed by atoms with E-state index in [1.807, 2.05) is 38.1 Å². The Kier molecular flexibility index (Phi) is 7.56. The summed E-state index contributed by atoms with van der Waals surface area (Å²) < 4.78 is 0. The minimum Gasteiger partial charge on any atom is -0.396 e. The molecule has 0 fully saturated rings. The van der Waals surface area contributed by atoms with Crippen LogP contribution in [0.2, 0.25) is 0 Å². The number of carbonyl (C=O) groups is 1. The number of aliphatic hydroxyl groups excluding tert-OH is 1. The van der Waals surface area contributed by atoms with Crippen molar-refractivity contribution in [1.82, 2.24) is 10.2 Å². The molecule has 0 aliphatic rings. The number of benzene rings is 1. The molecule has 0 aliphatic heterocycles. The molecule has 0 bridgehead atoms. The summed E-state index contributed by atoms with van der Waals surface area (Å²) in [5.41, 5.74) is 1.87. The van der Waals surface area contributed by atoms with Gasteiger partial charge in [-0.15, -0.1) is 0 Å². The third-order valence-corrected chi connectivity index (χ3v) is 4.24. The fraction of sp³-hybridized carbons (Fsp3) is 0.611. The highest BCUT2D eigenvalue weighted by atomic mass is 16.3. The zero-order valence-electron chi connectivity index (χ0n) is 14.5. The summed E-state index contributed by atoms with van der Waals surface area (Å²) in [7, 11) is 0. The maximum absolute atomic E-state index is 12.2. The fourth-order valence-electron chi connectivity index (χ4n) is 2.25. The number of rotatable bonds is 8. The Hall–Kier alpha value is -1.39. The van der Waals surface area contributed by atoms with Crippen molar-refractivity contribution in [3.8, 4) is 0 Å². The van der Waals surface area contributed by atoms with Gasteiger partial charge in [0.15, 0.2) is 0 Å². The summed E-state index contributed by atoms with van der Waals surface area (Å²) in [6.45, 7) is 12.3. The molecule has 0 spiro atoms. The Morgan fingerprint density at radius 3 is 2.23 bits per heavy atom. The van der Waals surface area contributed by atoms with Gasteiger partial charge < -0.3 is 10.4 Å². The predicted octanol–water partition coefficient (Wildman–Crippen LogP) is 2.66. The lowest BCUT2D eigenvalue weighted by Gasteiger charge is -2.24. The average Bonchev–Trinajstić information content (AvgIpc) is 2.51. The second kappa shape index (κ2) is 8.91. The molecule has 1 aromatic carbocycles. The minimum atomic E-state index is -0.0874. The molecule has 1 aromatic rings. The lowest BCUT2D eigenvalue weighted by atomic mass is 10.0. The molecule has 4 heteroatoms. The maximum atomic E-state index is 12.2. The third-order valence-electron chi connectivity index (χ3n) is 4.24. The van der Waals surface area contributed by atoms with Gasteiger partial charge in [0.25, 0.3) is 5.91 Å². The van der Waals surface area contributed by atoms with Gasteiger partial charge in [-0.3, -0.25) is 9.69 Å². The average molecular weight is 306 g/mol. The van der Waals surface area contributed by atoms with E-state index in [2.05, 4.69) is 31.0 Å². The number of nitrogens with zero attached hydrogens (tertiary/aromatic N) is 1. The summed E-state index contributed by atoms with van der Waals surface area (Å²) in [6.07, 6.45) is 0. The van der Waals surface area contributed by atoms with Crippen LogP contribution in [-0.4, -0.2) is 41.1 Å². The molecule has 1 rings (SSSR count). The van der Waals surface area contributed by atoms with Crippen LogP contribution in [0.4, 0.5) is 0 Å². The molecule has 4 nitrogen and oxygen atoms in total. The lowest BCUT2D eigenvalue weighted by Crippen LogP contribution is -2.38. The molecule has 0 radical (unpaired) electrons. The van der Waals surface area contributed by atoms with Crippen molar-refractivity contribution < 1.29 is 9.90 Å². The third kappa shape index (κ3) is 5.43. The minimum absolute atomic E-state index is 0.0475. The fourth-order valence-corrected chi connectivity index (χ4v) is 2.25. The highest BCUT2D eigenvalue weighted by Gasteiger charge is 2.15. The number of hydrogen-bond donors (Lipinski definition) is 2. The number of aliphatic hydroxyl groups is 1. The van der Waals surface area contributed by atoms with Gasteiger partial charge in [-0.1, -0.05) is 26.0 Å². The van der Waals surface area contributed by atoms with Crippen molar-refractivity contribution in [2.75, 3.05) is 13.2 Å². The van der Waals surface area contributed by atoms with Crippen LogP contribution in [0.1, 0.15) is 50.5 Å². The van der Waals surface area contributed by atoms with Crippen LogP contribution in [0.5, 0.6) is 0 Å². The molecule has 0 saturated carbocycles. The molecular formula is C18H30N2O2. The standard InChI is InChI=1S/C18H30N2O2/c1-6-20(13(2)3)11-16-7-9-17(10-8-16)18(22)19-15(5)14(4)12-21/h7-10,13-15,21H,6,11-12H2,1-5H3,(H,19,22). The number of nitrogens with one attached hydrogen (secondary N) is 1. The van der Waals surface area contributed by atoms with E-state index in [9.17, 15) is 4.79 Å². The maximum Gasteiger partial charge on any atom is 0.251 e. The lowest BCUT2D eigenvalue weighted by molar-refractivity contribution is 0.0916. The van der Waals surface area contributed by atoms with Crippen LogP contribution < -0.4 is 5.32 Å². The van der Waals surface area contributed by atoms with E-state index in [1.165, 1.54) is 5.56 Å². The van der Waals surface area contributed by atoms with E-state index in [-0.39, 0.29) is 24.5 Å². The van der Waals surface area contributed by atoms with Crippen LogP contribution in [0.3, 0.4) is 0 Å². The number of carbonyl (C=O) groups excluding carboxylic acids is 1. The predicted molar refractivity (Wildman–Crippen MR) is 90.8 cm³/mol. The summed E-state index contributed by atoms with van der Waals surface area (Å²) in [6, 6.07) is 8.23. The molecular weight excluding hydrogens is 276 g/mol. The molecule has 0 aromatic heterocycles. The van der Waals surface area contributed by atoms with Crippen molar-refractivity contribution in [3.63, 3.8) is 0 Å². The van der Waals surface area contributed by atoms with Gasteiger partial charge in [-0.25, -0.2) is 0 Å². The normalized spacial score (nSPS) is 14.2. The molecule has 2 unspecified atom stereocenters. The van der Waals surface area contributed by atoms with Crippen molar-refractivity contribution in [2.45, 2.75) is 53.2 Å². The van der Waals surface area contributed by atoms with E-state index < -0.39 is 0 Å². The van der Waals surface area contributed by atoms with E-state index in [1.54, 1.807) is 0 Å². The molecule has 22 heavy (non-hydrogen) atoms. The van der Waals surface area contributed by atoms with Crippen LogP contribution in [0, 0.1) is 5.92 Å². The Bertz CT molecular complexity index is 457. The first-order chi connectivity index (χ1) is 10.4. The largest absolute Gasteiger partial charge is 0.396 e. The van der Waals surface area contributed by atoms with Gasteiger partial charge in [0.05, 0.1) is 0 Å². The van der Waals surface area contributed by atoms with Crippen LogP contribution >= 0.6 is 0 Å². The quantitative estimate of drug-likeness (QED) is 0.776. The summed E-state index contributed by atoms with van der Waals surface area (Å²) >= 11 is 0. The van der Waals surface area contributed by atoms with Gasteiger partial charge in [0.2, 0.25) is 0 Å². The first kappa shape index (κ1) is 18.7. The van der Waals surface area contributed by atoms with Crippen molar-refractivity contribution in [1.29, 1.82) is 0 Å². The SMILES string of the molecule is CCN(Cc1ccc(C(=O)NC(C)C(C)CO)cc1)C(C)C. The van der Waals surface area contributed by atoms with Gasteiger partial charge >= 0.3 is 0 Å². The van der Waals surface area contributed by atoms with Gasteiger partial charge in [0, 0.05) is 30.8 Å². The highest BCUT2D eigenvalue weighted by molar-refractivity contribution is 5.94. The second-order valence-corrected chi connectivity index (χ2v) is 6.28. The number of amides is 1.